The fourth-order valence-electron chi connectivity index (χ4n) is 4.18. The molecule has 4 rings (SSSR count). The predicted octanol–water partition coefficient (Wildman–Crippen LogP) is 3.69. The van der Waals surface area contributed by atoms with Crippen LogP contribution >= 0.6 is 0 Å². The van der Waals surface area contributed by atoms with Gasteiger partial charge in [0.1, 0.15) is 0 Å². The van der Waals surface area contributed by atoms with Gasteiger partial charge in [-0.1, -0.05) is 30.3 Å². The van der Waals surface area contributed by atoms with E-state index in [1.165, 1.54) is 0 Å². The van der Waals surface area contributed by atoms with Crippen molar-refractivity contribution in [3.05, 3.63) is 48.0 Å². The molecular weight excluding hydrogens is 406 g/mol. The number of carbonyl (C=O) groups excluding carboxylic acids is 1. The lowest BCUT2D eigenvalue weighted by Crippen LogP contribution is -2.42. The Kier molecular flexibility index (Phi) is 6.75. The van der Waals surface area contributed by atoms with Crippen LogP contribution in [0.3, 0.4) is 0 Å². The first-order chi connectivity index (χ1) is 15.7. The van der Waals surface area contributed by atoms with Gasteiger partial charge in [0.25, 0.3) is 0 Å². The van der Waals surface area contributed by atoms with Crippen molar-refractivity contribution in [1.29, 1.82) is 0 Å². The van der Waals surface area contributed by atoms with E-state index in [0.717, 1.165) is 53.5 Å². The number of benzene rings is 2. The average molecular weight is 436 g/mol. The van der Waals surface area contributed by atoms with Gasteiger partial charge in [0, 0.05) is 30.1 Å². The third kappa shape index (κ3) is 4.34. The summed E-state index contributed by atoms with van der Waals surface area (Å²) in [6.07, 6.45) is 2.85. The van der Waals surface area contributed by atoms with Gasteiger partial charge in [-0.15, -0.1) is 0 Å². The Bertz CT molecular complexity index is 1100. The topological polar surface area (TPSA) is 81.7 Å². The Balaban J connectivity index is 1.82. The second-order valence-electron chi connectivity index (χ2n) is 7.79. The Morgan fingerprint density at radius 2 is 1.81 bits per heavy atom. The van der Waals surface area contributed by atoms with E-state index in [1.54, 1.807) is 21.3 Å². The van der Waals surface area contributed by atoms with Crippen LogP contribution in [0.5, 0.6) is 17.2 Å². The van der Waals surface area contributed by atoms with Crippen molar-refractivity contribution in [2.45, 2.75) is 31.8 Å². The van der Waals surface area contributed by atoms with Crippen LogP contribution in [0.2, 0.25) is 0 Å². The average Bonchev–Trinajstić information content (AvgIpc) is 3.05. The van der Waals surface area contributed by atoms with Crippen molar-refractivity contribution < 1.29 is 19.0 Å². The Morgan fingerprint density at radius 1 is 1.03 bits per heavy atom. The minimum Gasteiger partial charge on any atom is -0.493 e. The molecule has 1 aromatic heterocycles. The van der Waals surface area contributed by atoms with Crippen molar-refractivity contribution in [1.82, 2.24) is 15.6 Å². The zero-order valence-electron chi connectivity index (χ0n) is 18.7. The molecule has 7 nitrogen and oxygen atoms in total. The molecule has 0 spiro atoms. The van der Waals surface area contributed by atoms with Gasteiger partial charge in [0.15, 0.2) is 11.5 Å². The highest BCUT2D eigenvalue weighted by molar-refractivity contribution is 5.93. The SMILES string of the molecule is COc1cc2nc(-c3ccccc3)c(CN[C@H]3CCCCNC3=O)cc2c(OC)c1OC. The van der Waals surface area contributed by atoms with E-state index >= 15 is 0 Å². The Hall–Kier alpha value is -3.32. The molecule has 0 unspecified atom stereocenters. The van der Waals surface area contributed by atoms with Crippen LogP contribution in [0.4, 0.5) is 0 Å². The van der Waals surface area contributed by atoms with E-state index in [1.807, 2.05) is 36.4 Å². The number of hydrogen-bond donors (Lipinski definition) is 2. The summed E-state index contributed by atoms with van der Waals surface area (Å²) in [5.41, 5.74) is 3.58. The highest BCUT2D eigenvalue weighted by Gasteiger charge is 2.22. The number of fused-ring (bicyclic) bond motifs is 1. The molecule has 2 aromatic carbocycles. The maximum absolute atomic E-state index is 12.4. The van der Waals surface area contributed by atoms with Crippen molar-refractivity contribution in [3.8, 4) is 28.5 Å². The normalized spacial score (nSPS) is 16.3. The van der Waals surface area contributed by atoms with Gasteiger partial charge in [0.05, 0.1) is 38.6 Å². The molecule has 1 amide bonds. The molecule has 1 atom stereocenters. The molecule has 0 saturated carbocycles. The monoisotopic (exact) mass is 435 g/mol. The van der Waals surface area contributed by atoms with Crippen molar-refractivity contribution in [2.75, 3.05) is 27.9 Å². The number of aromatic nitrogens is 1. The van der Waals surface area contributed by atoms with Gasteiger partial charge >= 0.3 is 0 Å². The summed E-state index contributed by atoms with van der Waals surface area (Å²) in [4.78, 5) is 17.4. The standard InChI is InChI=1S/C25H29N3O4/c1-30-21-14-20-18(23(31-2)24(21)32-3)13-17(22(28-20)16-9-5-4-6-10-16)15-27-19-11-7-8-12-26-25(19)29/h4-6,9-10,13-14,19,27H,7-8,11-12,15H2,1-3H3,(H,26,29)/t19-/m0/s1. The summed E-state index contributed by atoms with van der Waals surface area (Å²) in [6.45, 7) is 1.24. The molecule has 1 aliphatic heterocycles. The number of amides is 1. The third-order valence-electron chi connectivity index (χ3n) is 5.82. The molecule has 1 aliphatic rings. The molecule has 3 aromatic rings. The summed E-state index contributed by atoms with van der Waals surface area (Å²) in [6, 6.07) is 13.7. The molecule has 32 heavy (non-hydrogen) atoms. The van der Waals surface area contributed by atoms with Crippen molar-refractivity contribution in [3.63, 3.8) is 0 Å². The maximum Gasteiger partial charge on any atom is 0.237 e. The number of carbonyl (C=O) groups is 1. The van der Waals surface area contributed by atoms with Crippen LogP contribution in [0, 0.1) is 0 Å². The number of methoxy groups -OCH3 is 3. The summed E-state index contributed by atoms with van der Waals surface area (Å²) >= 11 is 0. The second-order valence-corrected chi connectivity index (χ2v) is 7.79. The number of nitrogens with one attached hydrogen (secondary N) is 2. The van der Waals surface area contributed by atoms with Crippen molar-refractivity contribution >= 4 is 16.8 Å². The maximum atomic E-state index is 12.4. The molecule has 2 heterocycles. The van der Waals surface area contributed by atoms with Crippen LogP contribution in [-0.2, 0) is 11.3 Å². The van der Waals surface area contributed by atoms with Crippen LogP contribution in [0.1, 0.15) is 24.8 Å². The number of nitrogens with zero attached hydrogens (tertiary/aromatic N) is 1. The quantitative estimate of drug-likeness (QED) is 0.589. The van der Waals surface area contributed by atoms with Gasteiger partial charge in [-0.3, -0.25) is 4.79 Å². The number of rotatable bonds is 7. The number of ether oxygens (including phenoxy) is 3. The van der Waals surface area contributed by atoms with Gasteiger partial charge in [-0.05, 0) is 30.9 Å². The van der Waals surface area contributed by atoms with Gasteiger partial charge < -0.3 is 24.8 Å². The minimum atomic E-state index is -0.218. The lowest BCUT2D eigenvalue weighted by atomic mass is 10.0. The van der Waals surface area contributed by atoms with Crippen LogP contribution < -0.4 is 24.8 Å². The third-order valence-corrected chi connectivity index (χ3v) is 5.82. The van der Waals surface area contributed by atoms with E-state index in [9.17, 15) is 4.79 Å². The zero-order chi connectivity index (χ0) is 22.5. The summed E-state index contributed by atoms with van der Waals surface area (Å²) in [5, 5.41) is 7.25. The van der Waals surface area contributed by atoms with E-state index in [0.29, 0.717) is 23.8 Å². The fourth-order valence-corrected chi connectivity index (χ4v) is 4.18. The molecule has 1 saturated heterocycles. The van der Waals surface area contributed by atoms with Gasteiger partial charge in [0.2, 0.25) is 11.7 Å². The van der Waals surface area contributed by atoms with Gasteiger partial charge in [-0.25, -0.2) is 4.98 Å². The van der Waals surface area contributed by atoms with Crippen LogP contribution in [0.25, 0.3) is 22.2 Å². The number of hydrogen-bond acceptors (Lipinski definition) is 6. The second kappa shape index (κ2) is 9.87. The van der Waals surface area contributed by atoms with Crippen LogP contribution in [-0.4, -0.2) is 44.8 Å². The highest BCUT2D eigenvalue weighted by atomic mass is 16.5. The van der Waals surface area contributed by atoms with E-state index in [-0.39, 0.29) is 11.9 Å². The lowest BCUT2D eigenvalue weighted by molar-refractivity contribution is -0.122. The predicted molar refractivity (Wildman–Crippen MR) is 124 cm³/mol. The molecular formula is C25H29N3O4. The minimum absolute atomic E-state index is 0.0569. The molecule has 168 valence electrons. The largest absolute Gasteiger partial charge is 0.493 e. The smallest absolute Gasteiger partial charge is 0.237 e. The first-order valence-electron chi connectivity index (χ1n) is 10.9. The summed E-state index contributed by atoms with van der Waals surface area (Å²) in [5.74, 6) is 1.71. The van der Waals surface area contributed by atoms with E-state index in [4.69, 9.17) is 19.2 Å². The van der Waals surface area contributed by atoms with Gasteiger partial charge in [-0.2, -0.15) is 0 Å². The lowest BCUT2D eigenvalue weighted by Gasteiger charge is -2.19. The molecule has 0 bridgehead atoms. The Morgan fingerprint density at radius 3 is 2.53 bits per heavy atom. The Labute approximate surface area is 188 Å². The highest BCUT2D eigenvalue weighted by Crippen LogP contribution is 2.44. The van der Waals surface area contributed by atoms with Crippen molar-refractivity contribution in [2.24, 2.45) is 0 Å². The summed E-state index contributed by atoms with van der Waals surface area (Å²) in [7, 11) is 4.79. The molecule has 1 fully saturated rings. The molecule has 2 N–H and O–H groups in total. The first kappa shape index (κ1) is 21.9. The zero-order valence-corrected chi connectivity index (χ0v) is 18.7. The van der Waals surface area contributed by atoms with E-state index < -0.39 is 0 Å². The first-order valence-corrected chi connectivity index (χ1v) is 10.9. The van der Waals surface area contributed by atoms with Crippen LogP contribution in [0.15, 0.2) is 42.5 Å². The summed E-state index contributed by atoms with van der Waals surface area (Å²) < 4.78 is 16.8. The molecule has 0 radical (unpaired) electrons. The molecule has 0 aliphatic carbocycles. The fraction of sp³-hybridized carbons (Fsp3) is 0.360. The molecule has 7 heteroatoms. The van der Waals surface area contributed by atoms with E-state index in [2.05, 4.69) is 16.7 Å². The number of pyridine rings is 1.